The van der Waals surface area contributed by atoms with Crippen LogP contribution in [-0.2, 0) is 18.4 Å². The standard InChI is InChI=1S/C58H105N2O6P/c1-6-8-10-12-14-16-17-18-19-20-21-22-23-24-25-26-27-28-29-30-31-32-33-34-35-36-37-38-39-40-41-42-43-44-46-48-50-52-58(62)59-56(55-66-67(63,64)65-54-53-60(3,4)5)57(61)51-49-47-45-15-13-11-9-7-2/h8,10,13-16,18-19,21-22,24-25,49,51,56-57,61H,6-7,9,11-12,17,20,23,26-48,50,52-55H2,1-5H3,(H-,59,62,63,64)/p+1/b10-8-,15-13+,16-14-,19-18-,22-21-,25-24-,51-49+. The maximum absolute atomic E-state index is 12.9. The molecule has 0 saturated heterocycles. The summed E-state index contributed by atoms with van der Waals surface area (Å²) >= 11 is 0. The lowest BCUT2D eigenvalue weighted by Gasteiger charge is -2.25. The minimum absolute atomic E-state index is 0.0543. The highest BCUT2D eigenvalue weighted by Gasteiger charge is 2.27. The van der Waals surface area contributed by atoms with E-state index in [-0.39, 0.29) is 19.1 Å². The Balaban J connectivity index is 3.86. The van der Waals surface area contributed by atoms with Crippen molar-refractivity contribution in [3.05, 3.63) is 85.1 Å². The van der Waals surface area contributed by atoms with Gasteiger partial charge in [0.15, 0.2) is 0 Å². The quantitative estimate of drug-likeness (QED) is 0.0243. The number of phosphoric acid groups is 1. The average Bonchev–Trinajstić information content (AvgIpc) is 3.29. The Labute approximate surface area is 414 Å². The fraction of sp³-hybridized carbons (Fsp3) is 0.741. The van der Waals surface area contributed by atoms with E-state index < -0.39 is 20.0 Å². The Bertz CT molecular complexity index is 1360. The zero-order chi connectivity index (χ0) is 49.2. The third-order valence-electron chi connectivity index (χ3n) is 11.8. The number of amides is 1. The Hall–Kier alpha value is -2.32. The van der Waals surface area contributed by atoms with Crippen molar-refractivity contribution < 1.29 is 32.9 Å². The van der Waals surface area contributed by atoms with Crippen LogP contribution in [0, 0.1) is 0 Å². The molecule has 0 aromatic rings. The highest BCUT2D eigenvalue weighted by molar-refractivity contribution is 7.47. The number of hydrogen-bond donors (Lipinski definition) is 3. The van der Waals surface area contributed by atoms with Gasteiger partial charge in [0.05, 0.1) is 39.9 Å². The molecule has 388 valence electrons. The zero-order valence-corrected chi connectivity index (χ0v) is 45.0. The summed E-state index contributed by atoms with van der Waals surface area (Å²) in [6.07, 6.45) is 68.7. The van der Waals surface area contributed by atoms with E-state index >= 15 is 0 Å². The lowest BCUT2D eigenvalue weighted by atomic mass is 10.0. The Kier molecular flexibility index (Phi) is 47.0. The molecule has 0 bridgehead atoms. The van der Waals surface area contributed by atoms with Crippen LogP contribution in [0.25, 0.3) is 0 Å². The monoisotopic (exact) mass is 958 g/mol. The summed E-state index contributed by atoms with van der Waals surface area (Å²) in [5.41, 5.74) is 0. The van der Waals surface area contributed by atoms with Gasteiger partial charge in [-0.25, -0.2) is 4.57 Å². The predicted octanol–water partition coefficient (Wildman–Crippen LogP) is 16.5. The first-order chi connectivity index (χ1) is 32.5. The molecule has 1 amide bonds. The number of nitrogens with one attached hydrogen (secondary N) is 1. The van der Waals surface area contributed by atoms with Gasteiger partial charge in [0.1, 0.15) is 13.2 Å². The van der Waals surface area contributed by atoms with Crippen LogP contribution < -0.4 is 5.32 Å². The number of aliphatic hydroxyl groups excluding tert-OH is 1. The van der Waals surface area contributed by atoms with Gasteiger partial charge in [-0.2, -0.15) is 0 Å². The molecule has 0 heterocycles. The first kappa shape index (κ1) is 64.7. The van der Waals surface area contributed by atoms with Crippen molar-refractivity contribution in [2.24, 2.45) is 0 Å². The van der Waals surface area contributed by atoms with Crippen LogP contribution in [0.3, 0.4) is 0 Å². The van der Waals surface area contributed by atoms with Gasteiger partial charge in [0.25, 0.3) is 0 Å². The van der Waals surface area contributed by atoms with Gasteiger partial charge in [-0.3, -0.25) is 13.8 Å². The molecular formula is C58H106N2O6P+. The van der Waals surface area contributed by atoms with E-state index in [1.54, 1.807) is 6.08 Å². The number of hydrogen-bond acceptors (Lipinski definition) is 5. The van der Waals surface area contributed by atoms with Gasteiger partial charge in [-0.05, 0) is 70.6 Å². The van der Waals surface area contributed by atoms with E-state index in [0.717, 1.165) is 70.6 Å². The summed E-state index contributed by atoms with van der Waals surface area (Å²) in [5.74, 6) is -0.191. The number of rotatable bonds is 49. The van der Waals surface area contributed by atoms with E-state index in [0.29, 0.717) is 17.4 Å². The van der Waals surface area contributed by atoms with Crippen LogP contribution in [0.5, 0.6) is 0 Å². The number of quaternary nitrogens is 1. The zero-order valence-electron chi connectivity index (χ0n) is 44.1. The molecule has 3 N–H and O–H groups in total. The van der Waals surface area contributed by atoms with E-state index in [1.807, 2.05) is 27.2 Å². The molecule has 0 aromatic heterocycles. The molecule has 0 saturated carbocycles. The van der Waals surface area contributed by atoms with Crippen molar-refractivity contribution in [3.8, 4) is 0 Å². The first-order valence-corrected chi connectivity index (χ1v) is 29.0. The van der Waals surface area contributed by atoms with Gasteiger partial charge in [-0.1, -0.05) is 234 Å². The predicted molar refractivity (Wildman–Crippen MR) is 290 cm³/mol. The molecule has 8 nitrogen and oxygen atoms in total. The van der Waals surface area contributed by atoms with Gasteiger partial charge in [0, 0.05) is 6.42 Å². The topological polar surface area (TPSA) is 105 Å². The van der Waals surface area contributed by atoms with Crippen LogP contribution >= 0.6 is 7.82 Å². The summed E-state index contributed by atoms with van der Waals surface area (Å²) in [6, 6.07) is -0.862. The van der Waals surface area contributed by atoms with Crippen molar-refractivity contribution >= 4 is 13.7 Å². The number of likely N-dealkylation sites (N-methyl/N-ethyl adjacent to an activating group) is 1. The highest BCUT2D eigenvalue weighted by atomic mass is 31.2. The minimum atomic E-state index is -4.34. The number of nitrogens with zero attached hydrogens (tertiary/aromatic N) is 1. The normalized spacial score (nSPS) is 14.7. The fourth-order valence-corrected chi connectivity index (χ4v) is 8.28. The van der Waals surface area contributed by atoms with Crippen molar-refractivity contribution in [1.82, 2.24) is 5.32 Å². The fourth-order valence-electron chi connectivity index (χ4n) is 7.54. The summed E-state index contributed by atoms with van der Waals surface area (Å²) in [7, 11) is 1.55. The molecule has 0 aromatic carbocycles. The molecule has 3 unspecified atom stereocenters. The molecule has 67 heavy (non-hydrogen) atoms. The number of carbonyl (C=O) groups excluding carboxylic acids is 1. The highest BCUT2D eigenvalue weighted by Crippen LogP contribution is 2.43. The number of carbonyl (C=O) groups is 1. The lowest BCUT2D eigenvalue weighted by Crippen LogP contribution is -2.45. The van der Waals surface area contributed by atoms with Crippen LogP contribution in [0.1, 0.15) is 226 Å². The Morgan fingerprint density at radius 2 is 0.910 bits per heavy atom. The summed E-state index contributed by atoms with van der Waals surface area (Å²) < 4.78 is 23.5. The van der Waals surface area contributed by atoms with Crippen LogP contribution in [0.15, 0.2) is 85.1 Å². The van der Waals surface area contributed by atoms with E-state index in [9.17, 15) is 19.4 Å². The molecule has 0 aliphatic heterocycles. The summed E-state index contributed by atoms with van der Waals surface area (Å²) in [6.45, 7) is 4.60. The van der Waals surface area contributed by atoms with E-state index in [4.69, 9.17) is 9.05 Å². The second kappa shape index (κ2) is 48.7. The van der Waals surface area contributed by atoms with Gasteiger partial charge in [0.2, 0.25) is 5.91 Å². The number of phosphoric ester groups is 1. The SMILES string of the molecule is CC/C=C\C/C=C\C/C=C\C/C=C\C/C=C\CCCCCCCCCCCCCCCCCCCCCCCC(=O)NC(COP(=O)(O)OCC[N+](C)(C)C)C(O)/C=C/CC/C=C/CCCC. The van der Waals surface area contributed by atoms with E-state index in [1.165, 1.54) is 135 Å². The second-order valence-electron chi connectivity index (χ2n) is 19.6. The molecule has 0 spiro atoms. The van der Waals surface area contributed by atoms with Crippen LogP contribution in [-0.4, -0.2) is 73.4 Å². The lowest BCUT2D eigenvalue weighted by molar-refractivity contribution is -0.870. The molecule has 0 aliphatic rings. The van der Waals surface area contributed by atoms with E-state index in [2.05, 4.69) is 92.1 Å². The van der Waals surface area contributed by atoms with Crippen molar-refractivity contribution in [2.45, 2.75) is 238 Å². The largest absolute Gasteiger partial charge is 0.472 e. The molecule has 3 atom stereocenters. The van der Waals surface area contributed by atoms with Crippen molar-refractivity contribution in [1.29, 1.82) is 0 Å². The van der Waals surface area contributed by atoms with Crippen LogP contribution in [0.2, 0.25) is 0 Å². The summed E-state index contributed by atoms with van der Waals surface area (Å²) in [5, 5.41) is 13.7. The van der Waals surface area contributed by atoms with Gasteiger partial charge < -0.3 is 19.8 Å². The third kappa shape index (κ3) is 51.4. The molecule has 0 rings (SSSR count). The van der Waals surface area contributed by atoms with Crippen molar-refractivity contribution in [3.63, 3.8) is 0 Å². The van der Waals surface area contributed by atoms with Gasteiger partial charge >= 0.3 is 7.82 Å². The number of unbranched alkanes of at least 4 members (excludes halogenated alkanes) is 24. The maximum Gasteiger partial charge on any atom is 0.472 e. The Morgan fingerprint density at radius 1 is 0.522 bits per heavy atom. The smallest absolute Gasteiger partial charge is 0.387 e. The third-order valence-corrected chi connectivity index (χ3v) is 12.8. The second-order valence-corrected chi connectivity index (χ2v) is 21.0. The Morgan fingerprint density at radius 3 is 1.37 bits per heavy atom. The molecule has 0 radical (unpaired) electrons. The van der Waals surface area contributed by atoms with Gasteiger partial charge in [-0.15, -0.1) is 0 Å². The van der Waals surface area contributed by atoms with Crippen LogP contribution in [0.4, 0.5) is 0 Å². The first-order valence-electron chi connectivity index (χ1n) is 27.5. The molecule has 9 heteroatoms. The summed E-state index contributed by atoms with van der Waals surface area (Å²) in [4.78, 5) is 23.1. The molecule has 0 fully saturated rings. The molecule has 0 aliphatic carbocycles. The minimum Gasteiger partial charge on any atom is -0.387 e. The van der Waals surface area contributed by atoms with Crippen molar-refractivity contribution in [2.75, 3.05) is 40.9 Å². The number of allylic oxidation sites excluding steroid dienone is 13. The molecular weight excluding hydrogens is 852 g/mol. The number of aliphatic hydroxyl groups is 1. The maximum atomic E-state index is 12.9. The average molecular weight is 958 g/mol.